The van der Waals surface area contributed by atoms with Crippen molar-refractivity contribution in [3.8, 4) is 0 Å². The molecule has 0 aliphatic rings. The molecule has 0 aromatic heterocycles. The Labute approximate surface area is 69.5 Å². The Hall–Kier alpha value is 0.140. The Morgan fingerprint density at radius 2 is 1.45 bits per heavy atom. The van der Waals surface area contributed by atoms with Crippen molar-refractivity contribution < 1.29 is 13.2 Å². The average molecular weight is 186 g/mol. The first-order valence-electron chi connectivity index (χ1n) is 3.35. The molecule has 0 aromatic carbocycles. The van der Waals surface area contributed by atoms with Crippen molar-refractivity contribution in [1.29, 1.82) is 0 Å². The van der Waals surface area contributed by atoms with E-state index in [2.05, 4.69) is 0 Å². The lowest BCUT2D eigenvalue weighted by atomic mass is 10.0. The third-order valence-electron chi connectivity index (χ3n) is 0.801. The molecule has 68 valence electrons. The standard InChI is InChI=1S/C7H13F3S/c1-6(2,3)4-11-5-7(8,9)10/h4-5H2,1-3H3. The van der Waals surface area contributed by atoms with Gasteiger partial charge in [0.2, 0.25) is 0 Å². The molecule has 0 bridgehead atoms. The Morgan fingerprint density at radius 1 is 1.00 bits per heavy atom. The zero-order valence-corrected chi connectivity index (χ0v) is 7.77. The number of rotatable bonds is 2. The van der Waals surface area contributed by atoms with Gasteiger partial charge in [-0.2, -0.15) is 24.9 Å². The van der Waals surface area contributed by atoms with Gasteiger partial charge in [0.05, 0.1) is 5.75 Å². The van der Waals surface area contributed by atoms with E-state index in [1.165, 1.54) is 0 Å². The molecule has 0 atom stereocenters. The fourth-order valence-electron chi connectivity index (χ4n) is 0.473. The fourth-order valence-corrected chi connectivity index (χ4v) is 1.42. The SMILES string of the molecule is CC(C)(C)CSCC(F)(F)F. The second-order valence-electron chi connectivity index (χ2n) is 3.67. The molecule has 0 unspecified atom stereocenters. The summed E-state index contributed by atoms with van der Waals surface area (Å²) < 4.78 is 34.8. The molecule has 4 heteroatoms. The molecule has 0 radical (unpaired) electrons. The minimum absolute atomic E-state index is 0.0179. The normalized spacial score (nSPS) is 13.6. The Balaban J connectivity index is 3.44. The number of thioether (sulfide) groups is 1. The topological polar surface area (TPSA) is 0 Å². The van der Waals surface area contributed by atoms with Crippen molar-refractivity contribution in [1.82, 2.24) is 0 Å². The smallest absolute Gasteiger partial charge is 0.170 e. The van der Waals surface area contributed by atoms with E-state index < -0.39 is 11.9 Å². The maximum atomic E-state index is 11.6. The van der Waals surface area contributed by atoms with Gasteiger partial charge in [-0.25, -0.2) is 0 Å². The highest BCUT2D eigenvalue weighted by atomic mass is 32.2. The minimum atomic E-state index is -4.02. The Kier molecular flexibility index (Phi) is 3.74. The summed E-state index contributed by atoms with van der Waals surface area (Å²) in [6, 6.07) is 0. The van der Waals surface area contributed by atoms with Crippen molar-refractivity contribution >= 4 is 11.8 Å². The maximum Gasteiger partial charge on any atom is 0.397 e. The minimum Gasteiger partial charge on any atom is -0.170 e. The van der Waals surface area contributed by atoms with Crippen molar-refractivity contribution in [2.24, 2.45) is 5.41 Å². The highest BCUT2D eigenvalue weighted by molar-refractivity contribution is 7.99. The van der Waals surface area contributed by atoms with Crippen LogP contribution >= 0.6 is 11.8 Å². The summed E-state index contributed by atoms with van der Waals surface area (Å²) in [7, 11) is 0. The molecular formula is C7H13F3S. The van der Waals surface area contributed by atoms with Crippen LogP contribution in [0.4, 0.5) is 13.2 Å². The molecule has 0 fully saturated rings. The number of hydrogen-bond acceptors (Lipinski definition) is 1. The summed E-state index contributed by atoms with van der Waals surface area (Å²) in [4.78, 5) is 0. The number of alkyl halides is 3. The predicted molar refractivity (Wildman–Crippen MR) is 42.8 cm³/mol. The van der Waals surface area contributed by atoms with Crippen LogP contribution < -0.4 is 0 Å². The van der Waals surface area contributed by atoms with E-state index >= 15 is 0 Å². The lowest BCUT2D eigenvalue weighted by Crippen LogP contribution is -2.15. The zero-order chi connectivity index (χ0) is 9.12. The second kappa shape index (κ2) is 3.70. The largest absolute Gasteiger partial charge is 0.397 e. The van der Waals surface area contributed by atoms with E-state index in [9.17, 15) is 13.2 Å². The number of hydrogen-bond donors (Lipinski definition) is 0. The number of halogens is 3. The van der Waals surface area contributed by atoms with Crippen LogP contribution in [0.15, 0.2) is 0 Å². The predicted octanol–water partition coefficient (Wildman–Crippen LogP) is 3.33. The van der Waals surface area contributed by atoms with Crippen LogP contribution in [-0.2, 0) is 0 Å². The average Bonchev–Trinajstić information content (AvgIpc) is 1.55. The monoisotopic (exact) mass is 186 g/mol. The molecule has 0 saturated heterocycles. The Morgan fingerprint density at radius 3 is 1.73 bits per heavy atom. The quantitative estimate of drug-likeness (QED) is 0.637. The van der Waals surface area contributed by atoms with Gasteiger partial charge in [-0.15, -0.1) is 0 Å². The molecule has 0 saturated carbocycles. The second-order valence-corrected chi connectivity index (χ2v) is 4.65. The molecule has 0 aromatic rings. The summed E-state index contributed by atoms with van der Waals surface area (Å²) in [5.41, 5.74) is -0.0179. The zero-order valence-electron chi connectivity index (χ0n) is 6.96. The third-order valence-corrected chi connectivity index (χ3v) is 2.40. The molecule has 0 rings (SSSR count). The van der Waals surface area contributed by atoms with E-state index in [1.54, 1.807) is 0 Å². The van der Waals surface area contributed by atoms with E-state index in [0.717, 1.165) is 11.8 Å². The summed E-state index contributed by atoms with van der Waals surface area (Å²) in [5, 5.41) is 0. The van der Waals surface area contributed by atoms with Crippen LogP contribution in [-0.4, -0.2) is 17.7 Å². The van der Waals surface area contributed by atoms with Gasteiger partial charge in [-0.05, 0) is 11.2 Å². The first-order chi connectivity index (χ1) is 4.71. The highest BCUT2D eigenvalue weighted by Crippen LogP contribution is 2.26. The van der Waals surface area contributed by atoms with Crippen molar-refractivity contribution in [2.75, 3.05) is 11.5 Å². The molecule has 0 nitrogen and oxygen atoms in total. The van der Waals surface area contributed by atoms with Crippen molar-refractivity contribution in [2.45, 2.75) is 26.9 Å². The molecular weight excluding hydrogens is 173 g/mol. The van der Waals surface area contributed by atoms with Gasteiger partial charge in [0.15, 0.2) is 0 Å². The lowest BCUT2D eigenvalue weighted by Gasteiger charge is -2.17. The summed E-state index contributed by atoms with van der Waals surface area (Å²) in [6.45, 7) is 5.78. The molecule has 0 N–H and O–H groups in total. The molecule has 0 heterocycles. The summed E-state index contributed by atoms with van der Waals surface area (Å²) in [6.07, 6.45) is -4.02. The fraction of sp³-hybridized carbons (Fsp3) is 1.00. The highest BCUT2D eigenvalue weighted by Gasteiger charge is 2.27. The van der Waals surface area contributed by atoms with Crippen LogP contribution in [0.25, 0.3) is 0 Å². The molecule has 0 amide bonds. The van der Waals surface area contributed by atoms with Crippen LogP contribution in [0.2, 0.25) is 0 Å². The molecule has 0 spiro atoms. The van der Waals surface area contributed by atoms with Gasteiger partial charge >= 0.3 is 6.18 Å². The van der Waals surface area contributed by atoms with E-state index in [4.69, 9.17) is 0 Å². The molecule has 0 aliphatic carbocycles. The first-order valence-corrected chi connectivity index (χ1v) is 4.51. The third kappa shape index (κ3) is 10.1. The van der Waals surface area contributed by atoms with Crippen molar-refractivity contribution in [3.63, 3.8) is 0 Å². The van der Waals surface area contributed by atoms with Gasteiger partial charge in [0.25, 0.3) is 0 Å². The first kappa shape index (κ1) is 11.1. The Bertz CT molecular complexity index is 97.8. The van der Waals surface area contributed by atoms with Gasteiger partial charge < -0.3 is 0 Å². The van der Waals surface area contributed by atoms with Crippen LogP contribution in [0.3, 0.4) is 0 Å². The van der Waals surface area contributed by atoms with Gasteiger partial charge in [-0.3, -0.25) is 0 Å². The lowest BCUT2D eigenvalue weighted by molar-refractivity contribution is -0.105. The van der Waals surface area contributed by atoms with Gasteiger partial charge in [0, 0.05) is 0 Å². The molecule has 11 heavy (non-hydrogen) atoms. The van der Waals surface area contributed by atoms with Crippen LogP contribution in [0, 0.1) is 5.41 Å². The van der Waals surface area contributed by atoms with Crippen LogP contribution in [0.1, 0.15) is 20.8 Å². The van der Waals surface area contributed by atoms with E-state index in [0.29, 0.717) is 5.75 Å². The maximum absolute atomic E-state index is 11.6. The van der Waals surface area contributed by atoms with Gasteiger partial charge in [0.1, 0.15) is 0 Å². The van der Waals surface area contributed by atoms with Crippen LogP contribution in [0.5, 0.6) is 0 Å². The van der Waals surface area contributed by atoms with Gasteiger partial charge in [-0.1, -0.05) is 20.8 Å². The van der Waals surface area contributed by atoms with E-state index in [-0.39, 0.29) is 5.41 Å². The molecule has 0 aliphatic heterocycles. The summed E-state index contributed by atoms with van der Waals surface area (Å²) in [5.74, 6) is -0.184. The van der Waals surface area contributed by atoms with E-state index in [1.807, 2.05) is 20.8 Å². The summed E-state index contributed by atoms with van der Waals surface area (Å²) >= 11 is 0.942. The van der Waals surface area contributed by atoms with Crippen molar-refractivity contribution in [3.05, 3.63) is 0 Å².